The van der Waals surface area contributed by atoms with E-state index in [-0.39, 0.29) is 11.5 Å². The molecule has 2 N–H and O–H groups in total. The second kappa shape index (κ2) is 5.18. The smallest absolute Gasteiger partial charge is 0.141 e. The van der Waals surface area contributed by atoms with Crippen LogP contribution in [0.1, 0.15) is 5.56 Å². The van der Waals surface area contributed by atoms with Crippen molar-refractivity contribution in [2.45, 2.75) is 0 Å². The maximum atomic E-state index is 9.63. The molecule has 0 aromatic heterocycles. The number of hydrogen-bond donors (Lipinski definition) is 2. The van der Waals surface area contributed by atoms with Gasteiger partial charge in [0.1, 0.15) is 17.2 Å². The van der Waals surface area contributed by atoms with Crippen LogP contribution >= 0.6 is 22.6 Å². The van der Waals surface area contributed by atoms with Gasteiger partial charge in [-0.1, -0.05) is 12.1 Å². The number of halogens is 1. The van der Waals surface area contributed by atoms with Crippen molar-refractivity contribution in [3.8, 4) is 11.5 Å². The lowest BCUT2D eigenvalue weighted by atomic mass is 10.2. The van der Waals surface area contributed by atoms with E-state index in [9.17, 15) is 10.2 Å². The van der Waals surface area contributed by atoms with Crippen LogP contribution in [-0.4, -0.2) is 16.4 Å². The van der Waals surface area contributed by atoms with Crippen LogP contribution in [0.3, 0.4) is 0 Å². The Labute approximate surface area is 113 Å². The summed E-state index contributed by atoms with van der Waals surface area (Å²) in [6, 6.07) is 12.1. The minimum absolute atomic E-state index is 0.119. The highest BCUT2D eigenvalue weighted by molar-refractivity contribution is 14.1. The van der Waals surface area contributed by atoms with Gasteiger partial charge in [-0.05, 0) is 52.9 Å². The van der Waals surface area contributed by atoms with Crippen molar-refractivity contribution in [2.75, 3.05) is 0 Å². The van der Waals surface area contributed by atoms with E-state index in [1.54, 1.807) is 30.3 Å². The Morgan fingerprint density at radius 2 is 1.76 bits per heavy atom. The molecule has 2 aromatic carbocycles. The zero-order valence-electron chi connectivity index (χ0n) is 8.84. The summed E-state index contributed by atoms with van der Waals surface area (Å²) >= 11 is 2.16. The molecule has 0 heterocycles. The van der Waals surface area contributed by atoms with Crippen molar-refractivity contribution in [2.24, 2.45) is 4.99 Å². The van der Waals surface area contributed by atoms with Crippen molar-refractivity contribution in [1.82, 2.24) is 0 Å². The fourth-order valence-electron chi connectivity index (χ4n) is 1.34. The number of rotatable bonds is 2. The van der Waals surface area contributed by atoms with Crippen molar-refractivity contribution in [3.05, 3.63) is 51.6 Å². The zero-order valence-corrected chi connectivity index (χ0v) is 11.0. The zero-order chi connectivity index (χ0) is 12.3. The lowest BCUT2D eigenvalue weighted by Gasteiger charge is -2.00. The number of para-hydroxylation sites is 2. The molecule has 0 atom stereocenters. The van der Waals surface area contributed by atoms with Gasteiger partial charge in [0.25, 0.3) is 0 Å². The van der Waals surface area contributed by atoms with Crippen molar-refractivity contribution in [1.29, 1.82) is 0 Å². The van der Waals surface area contributed by atoms with Gasteiger partial charge in [0.15, 0.2) is 0 Å². The van der Waals surface area contributed by atoms with Crippen LogP contribution in [0.25, 0.3) is 0 Å². The third kappa shape index (κ3) is 2.97. The van der Waals surface area contributed by atoms with E-state index in [0.717, 1.165) is 3.57 Å². The maximum absolute atomic E-state index is 9.63. The van der Waals surface area contributed by atoms with Crippen LogP contribution in [0.5, 0.6) is 11.5 Å². The average molecular weight is 339 g/mol. The van der Waals surface area contributed by atoms with Gasteiger partial charge in [0.2, 0.25) is 0 Å². The number of aliphatic imine (C=N–C) groups is 1. The summed E-state index contributed by atoms with van der Waals surface area (Å²) in [4.78, 5) is 4.14. The summed E-state index contributed by atoms with van der Waals surface area (Å²) in [6.07, 6.45) is 1.53. The summed E-state index contributed by atoms with van der Waals surface area (Å²) in [5.74, 6) is 0.290. The summed E-state index contributed by atoms with van der Waals surface area (Å²) in [6.45, 7) is 0. The third-order valence-corrected chi connectivity index (χ3v) is 2.89. The van der Waals surface area contributed by atoms with Crippen molar-refractivity contribution < 1.29 is 10.2 Å². The van der Waals surface area contributed by atoms with E-state index in [1.807, 2.05) is 12.1 Å². The van der Waals surface area contributed by atoms with Crippen LogP contribution < -0.4 is 0 Å². The fourth-order valence-corrected chi connectivity index (χ4v) is 1.86. The lowest BCUT2D eigenvalue weighted by Crippen LogP contribution is -1.83. The molecule has 3 nitrogen and oxygen atoms in total. The second-order valence-corrected chi connectivity index (χ2v) is 4.70. The maximum Gasteiger partial charge on any atom is 0.141 e. The molecule has 0 aliphatic carbocycles. The third-order valence-electron chi connectivity index (χ3n) is 2.21. The summed E-state index contributed by atoms with van der Waals surface area (Å²) in [5.41, 5.74) is 1.10. The van der Waals surface area contributed by atoms with Crippen molar-refractivity contribution >= 4 is 34.5 Å². The molecule has 0 unspecified atom stereocenters. The number of hydrogen-bond acceptors (Lipinski definition) is 3. The highest BCUT2D eigenvalue weighted by Gasteiger charge is 2.00. The first-order valence-electron chi connectivity index (χ1n) is 4.97. The van der Waals surface area contributed by atoms with Crippen LogP contribution in [-0.2, 0) is 0 Å². The minimum atomic E-state index is 0.119. The van der Waals surface area contributed by atoms with Gasteiger partial charge >= 0.3 is 0 Å². The summed E-state index contributed by atoms with van der Waals surface area (Å²) < 4.78 is 1.01. The molecule has 0 saturated carbocycles. The molecule has 0 radical (unpaired) electrons. The van der Waals surface area contributed by atoms with Crippen molar-refractivity contribution in [3.63, 3.8) is 0 Å². The molecule has 0 spiro atoms. The minimum Gasteiger partial charge on any atom is -0.507 e. The summed E-state index contributed by atoms with van der Waals surface area (Å²) in [7, 11) is 0. The Bertz CT molecular complexity index is 567. The standard InChI is InChI=1S/C13H10INO2/c14-10-5-6-12(16)9(7-10)8-15-11-3-1-2-4-13(11)17/h1-8,16-17H. The van der Waals surface area contributed by atoms with Gasteiger partial charge in [-0.25, -0.2) is 0 Å². The molecule has 0 amide bonds. The first-order chi connectivity index (χ1) is 8.16. The van der Waals surface area contributed by atoms with E-state index >= 15 is 0 Å². The van der Waals surface area contributed by atoms with Gasteiger partial charge in [-0.3, -0.25) is 4.99 Å². The van der Waals surface area contributed by atoms with E-state index < -0.39 is 0 Å². The highest BCUT2D eigenvalue weighted by Crippen LogP contribution is 2.25. The van der Waals surface area contributed by atoms with E-state index in [4.69, 9.17) is 0 Å². The Morgan fingerprint density at radius 3 is 2.53 bits per heavy atom. The largest absolute Gasteiger partial charge is 0.507 e. The van der Waals surface area contributed by atoms with Crippen LogP contribution in [0.2, 0.25) is 0 Å². The number of aromatic hydroxyl groups is 2. The molecule has 2 aromatic rings. The average Bonchev–Trinajstić information content (AvgIpc) is 2.32. The molecule has 0 saturated heterocycles. The predicted molar refractivity (Wildman–Crippen MR) is 76.2 cm³/mol. The van der Waals surface area contributed by atoms with E-state index in [2.05, 4.69) is 27.6 Å². The molecular formula is C13H10INO2. The van der Waals surface area contributed by atoms with Crippen LogP contribution in [0, 0.1) is 3.57 Å². The number of phenols is 2. The Balaban J connectivity index is 2.32. The first kappa shape index (κ1) is 11.9. The van der Waals surface area contributed by atoms with Crippen LogP contribution in [0.15, 0.2) is 47.5 Å². The van der Waals surface area contributed by atoms with E-state index in [1.165, 1.54) is 6.21 Å². The first-order valence-corrected chi connectivity index (χ1v) is 6.05. The number of phenolic OH excluding ortho intramolecular Hbond substituents is 2. The SMILES string of the molecule is Oc1ccc(I)cc1C=Nc1ccccc1O. The molecule has 0 aliphatic rings. The molecule has 0 fully saturated rings. The van der Waals surface area contributed by atoms with Gasteiger partial charge in [-0.15, -0.1) is 0 Å². The quantitative estimate of drug-likeness (QED) is 0.650. The van der Waals surface area contributed by atoms with E-state index in [0.29, 0.717) is 11.3 Å². The Hall–Kier alpha value is -1.56. The predicted octanol–water partition coefficient (Wildman–Crippen LogP) is 3.45. The topological polar surface area (TPSA) is 52.8 Å². The Morgan fingerprint density at radius 1 is 1.00 bits per heavy atom. The van der Waals surface area contributed by atoms with Gasteiger partial charge < -0.3 is 10.2 Å². The molecule has 17 heavy (non-hydrogen) atoms. The molecule has 86 valence electrons. The summed E-state index contributed by atoms with van der Waals surface area (Å²) in [5, 5.41) is 19.2. The number of nitrogens with zero attached hydrogens (tertiary/aromatic N) is 1. The molecule has 2 rings (SSSR count). The van der Waals surface area contributed by atoms with Gasteiger partial charge in [-0.2, -0.15) is 0 Å². The molecule has 0 bridgehead atoms. The number of benzene rings is 2. The molecule has 0 aliphatic heterocycles. The van der Waals surface area contributed by atoms with Gasteiger partial charge in [0, 0.05) is 15.3 Å². The lowest BCUT2D eigenvalue weighted by molar-refractivity contribution is 0.474. The fraction of sp³-hybridized carbons (Fsp3) is 0. The highest BCUT2D eigenvalue weighted by atomic mass is 127. The van der Waals surface area contributed by atoms with Crippen LogP contribution in [0.4, 0.5) is 5.69 Å². The second-order valence-electron chi connectivity index (χ2n) is 3.45. The monoisotopic (exact) mass is 339 g/mol. The Kier molecular flexibility index (Phi) is 3.63. The molecule has 4 heteroatoms. The molecular weight excluding hydrogens is 329 g/mol. The normalized spacial score (nSPS) is 10.9. The van der Waals surface area contributed by atoms with Gasteiger partial charge in [0.05, 0.1) is 0 Å².